The Labute approximate surface area is 90.9 Å². The molecular formula is C8H11IN4. The zero-order valence-corrected chi connectivity index (χ0v) is 9.36. The van der Waals surface area contributed by atoms with Crippen LogP contribution in [0.15, 0.2) is 12.4 Å². The van der Waals surface area contributed by atoms with Crippen LogP contribution in [0.4, 0.5) is 5.95 Å². The Bertz CT molecular complexity index is 268. The highest BCUT2D eigenvalue weighted by molar-refractivity contribution is 14.1. The molecule has 1 aliphatic rings. The first-order chi connectivity index (χ1) is 6.36. The minimum absolute atomic E-state index is 0.849. The summed E-state index contributed by atoms with van der Waals surface area (Å²) in [5, 5.41) is 3.30. The minimum atomic E-state index is 0.849. The zero-order chi connectivity index (χ0) is 9.10. The fourth-order valence-electron chi connectivity index (χ4n) is 1.33. The maximum Gasteiger partial charge on any atom is 0.225 e. The highest BCUT2D eigenvalue weighted by atomic mass is 127. The highest BCUT2D eigenvalue weighted by Gasteiger charge is 2.11. The predicted molar refractivity (Wildman–Crippen MR) is 59.8 cm³/mol. The van der Waals surface area contributed by atoms with Crippen LogP contribution in [0, 0.1) is 3.57 Å². The number of nitrogens with one attached hydrogen (secondary N) is 1. The van der Waals surface area contributed by atoms with E-state index in [9.17, 15) is 0 Å². The number of halogens is 1. The number of hydrogen-bond acceptors (Lipinski definition) is 4. The fourth-order valence-corrected chi connectivity index (χ4v) is 1.61. The fraction of sp³-hybridized carbons (Fsp3) is 0.500. The quantitative estimate of drug-likeness (QED) is 0.764. The zero-order valence-electron chi connectivity index (χ0n) is 7.20. The molecule has 0 saturated carbocycles. The molecule has 1 aliphatic heterocycles. The van der Waals surface area contributed by atoms with Gasteiger partial charge in [0, 0.05) is 42.1 Å². The van der Waals surface area contributed by atoms with Crippen LogP contribution in [0.25, 0.3) is 0 Å². The van der Waals surface area contributed by atoms with E-state index in [1.807, 2.05) is 12.4 Å². The lowest BCUT2D eigenvalue weighted by molar-refractivity contribution is 0.579. The summed E-state index contributed by atoms with van der Waals surface area (Å²) in [5.74, 6) is 0.849. The molecule has 1 saturated heterocycles. The number of aromatic nitrogens is 2. The molecule has 13 heavy (non-hydrogen) atoms. The first-order valence-corrected chi connectivity index (χ1v) is 5.37. The smallest absolute Gasteiger partial charge is 0.225 e. The lowest BCUT2D eigenvalue weighted by Crippen LogP contribution is -2.44. The number of rotatable bonds is 1. The summed E-state index contributed by atoms with van der Waals surface area (Å²) in [6.45, 7) is 4.05. The Morgan fingerprint density at radius 1 is 1.23 bits per heavy atom. The van der Waals surface area contributed by atoms with Crippen molar-refractivity contribution in [2.75, 3.05) is 31.1 Å². The average Bonchev–Trinajstić information content (AvgIpc) is 2.20. The molecule has 1 aromatic rings. The Morgan fingerprint density at radius 3 is 2.46 bits per heavy atom. The van der Waals surface area contributed by atoms with Crippen molar-refractivity contribution in [3.05, 3.63) is 16.0 Å². The van der Waals surface area contributed by atoms with Gasteiger partial charge in [-0.05, 0) is 22.6 Å². The van der Waals surface area contributed by atoms with Crippen LogP contribution in [-0.2, 0) is 0 Å². The second-order valence-electron chi connectivity index (χ2n) is 2.94. The standard InChI is InChI=1S/C8H11IN4/c9-7-5-11-8(12-6-7)13-3-1-10-2-4-13/h5-6,10H,1-4H2. The van der Waals surface area contributed by atoms with E-state index in [-0.39, 0.29) is 0 Å². The van der Waals surface area contributed by atoms with Crippen LogP contribution in [-0.4, -0.2) is 36.1 Å². The molecule has 0 aromatic carbocycles. The van der Waals surface area contributed by atoms with Gasteiger partial charge in [-0.1, -0.05) is 0 Å². The monoisotopic (exact) mass is 290 g/mol. The molecule has 4 nitrogen and oxygen atoms in total. The van der Waals surface area contributed by atoms with Crippen molar-refractivity contribution in [1.82, 2.24) is 15.3 Å². The Hall–Kier alpha value is -0.430. The predicted octanol–water partition coefficient (Wildman–Crippen LogP) is 0.491. The molecule has 2 heterocycles. The summed E-state index contributed by atoms with van der Waals surface area (Å²) in [6, 6.07) is 0. The molecule has 0 aliphatic carbocycles. The third kappa shape index (κ3) is 2.28. The molecule has 0 bridgehead atoms. The van der Waals surface area contributed by atoms with Gasteiger partial charge in [0.25, 0.3) is 0 Å². The van der Waals surface area contributed by atoms with Gasteiger partial charge in [-0.25, -0.2) is 9.97 Å². The second-order valence-corrected chi connectivity index (χ2v) is 4.18. The third-order valence-electron chi connectivity index (χ3n) is 2.01. The van der Waals surface area contributed by atoms with Crippen LogP contribution >= 0.6 is 22.6 Å². The molecule has 1 N–H and O–H groups in total. The van der Waals surface area contributed by atoms with Gasteiger partial charge in [0.05, 0.1) is 0 Å². The molecule has 5 heteroatoms. The Balaban J connectivity index is 2.10. The maximum absolute atomic E-state index is 4.28. The lowest BCUT2D eigenvalue weighted by Gasteiger charge is -2.27. The summed E-state index contributed by atoms with van der Waals surface area (Å²) in [4.78, 5) is 10.8. The van der Waals surface area contributed by atoms with Crippen LogP contribution in [0.5, 0.6) is 0 Å². The number of hydrogen-bond donors (Lipinski definition) is 1. The van der Waals surface area contributed by atoms with Gasteiger partial charge >= 0.3 is 0 Å². The van der Waals surface area contributed by atoms with Crippen molar-refractivity contribution in [3.8, 4) is 0 Å². The van der Waals surface area contributed by atoms with E-state index in [1.165, 1.54) is 0 Å². The number of anilines is 1. The van der Waals surface area contributed by atoms with Crippen LogP contribution in [0.1, 0.15) is 0 Å². The van der Waals surface area contributed by atoms with Crippen LogP contribution in [0.3, 0.4) is 0 Å². The molecule has 2 rings (SSSR count). The third-order valence-corrected chi connectivity index (χ3v) is 2.56. The molecule has 0 amide bonds. The average molecular weight is 290 g/mol. The summed E-state index contributed by atoms with van der Waals surface area (Å²) >= 11 is 2.21. The van der Waals surface area contributed by atoms with Crippen molar-refractivity contribution in [3.63, 3.8) is 0 Å². The van der Waals surface area contributed by atoms with Gasteiger partial charge in [-0.2, -0.15) is 0 Å². The van der Waals surface area contributed by atoms with Crippen molar-refractivity contribution in [2.45, 2.75) is 0 Å². The van der Waals surface area contributed by atoms with Gasteiger partial charge in [0.1, 0.15) is 0 Å². The molecule has 0 radical (unpaired) electrons. The van der Waals surface area contributed by atoms with Gasteiger partial charge < -0.3 is 10.2 Å². The van der Waals surface area contributed by atoms with E-state index in [0.29, 0.717) is 0 Å². The van der Waals surface area contributed by atoms with E-state index in [1.54, 1.807) is 0 Å². The van der Waals surface area contributed by atoms with E-state index in [0.717, 1.165) is 35.7 Å². The summed E-state index contributed by atoms with van der Waals surface area (Å²) < 4.78 is 1.08. The largest absolute Gasteiger partial charge is 0.338 e. The van der Waals surface area contributed by atoms with E-state index in [2.05, 4.69) is 42.8 Å². The maximum atomic E-state index is 4.28. The molecule has 0 unspecified atom stereocenters. The molecular weight excluding hydrogens is 279 g/mol. The van der Waals surface area contributed by atoms with E-state index >= 15 is 0 Å². The second kappa shape index (κ2) is 4.19. The number of nitrogens with zero attached hydrogens (tertiary/aromatic N) is 3. The molecule has 0 spiro atoms. The lowest BCUT2D eigenvalue weighted by atomic mass is 10.4. The first kappa shape index (κ1) is 9.14. The van der Waals surface area contributed by atoms with Gasteiger partial charge in [-0.15, -0.1) is 0 Å². The van der Waals surface area contributed by atoms with Gasteiger partial charge in [-0.3, -0.25) is 0 Å². The van der Waals surface area contributed by atoms with Crippen molar-refractivity contribution in [2.24, 2.45) is 0 Å². The SMILES string of the molecule is Ic1cnc(N2CCNCC2)nc1. The van der Waals surface area contributed by atoms with Gasteiger partial charge in [0.2, 0.25) is 5.95 Å². The van der Waals surface area contributed by atoms with Gasteiger partial charge in [0.15, 0.2) is 0 Å². The normalized spacial score (nSPS) is 17.5. The van der Waals surface area contributed by atoms with Crippen LogP contribution in [0.2, 0.25) is 0 Å². The Morgan fingerprint density at radius 2 is 1.85 bits per heavy atom. The summed E-state index contributed by atoms with van der Waals surface area (Å²) in [5.41, 5.74) is 0. The van der Waals surface area contributed by atoms with Crippen molar-refractivity contribution < 1.29 is 0 Å². The summed E-state index contributed by atoms with van der Waals surface area (Å²) in [7, 11) is 0. The topological polar surface area (TPSA) is 41.1 Å². The van der Waals surface area contributed by atoms with E-state index in [4.69, 9.17) is 0 Å². The van der Waals surface area contributed by atoms with Crippen molar-refractivity contribution >= 4 is 28.5 Å². The molecule has 1 fully saturated rings. The highest BCUT2D eigenvalue weighted by Crippen LogP contribution is 2.08. The Kier molecular flexibility index (Phi) is 2.94. The number of piperazine rings is 1. The summed E-state index contributed by atoms with van der Waals surface area (Å²) in [6.07, 6.45) is 3.70. The molecule has 70 valence electrons. The van der Waals surface area contributed by atoms with Crippen molar-refractivity contribution in [1.29, 1.82) is 0 Å². The van der Waals surface area contributed by atoms with Crippen LogP contribution < -0.4 is 10.2 Å². The first-order valence-electron chi connectivity index (χ1n) is 4.29. The van der Waals surface area contributed by atoms with E-state index < -0.39 is 0 Å². The molecule has 1 aromatic heterocycles. The molecule has 0 atom stereocenters. The minimum Gasteiger partial charge on any atom is -0.338 e.